The summed E-state index contributed by atoms with van der Waals surface area (Å²) in [6.45, 7) is -0.262. The first-order valence-corrected chi connectivity index (χ1v) is 11.7. The van der Waals surface area contributed by atoms with Crippen LogP contribution in [0.25, 0.3) is 11.1 Å². The van der Waals surface area contributed by atoms with Crippen LogP contribution in [0, 0.1) is 0 Å². The molecule has 2 N–H and O–H groups in total. The first-order chi connectivity index (χ1) is 14.9. The summed E-state index contributed by atoms with van der Waals surface area (Å²) in [5, 5.41) is 3.05. The van der Waals surface area contributed by atoms with Crippen LogP contribution in [0.2, 0.25) is 5.02 Å². The summed E-state index contributed by atoms with van der Waals surface area (Å²) < 4.78 is 32.8. The number of hydrogen-bond acceptors (Lipinski definition) is 4. The Hall–Kier alpha value is -2.87. The van der Waals surface area contributed by atoms with E-state index in [-0.39, 0.29) is 17.5 Å². The second-order valence-corrected chi connectivity index (χ2v) is 9.39. The average Bonchev–Trinajstić information content (AvgIpc) is 3.57. The van der Waals surface area contributed by atoms with E-state index in [0.717, 1.165) is 24.0 Å². The molecule has 0 saturated heterocycles. The van der Waals surface area contributed by atoms with Crippen molar-refractivity contribution >= 4 is 33.2 Å². The summed E-state index contributed by atoms with van der Waals surface area (Å²) in [5.41, 5.74) is 2.35. The van der Waals surface area contributed by atoms with E-state index >= 15 is 0 Å². The molecule has 1 fully saturated rings. The molecule has 1 amide bonds. The molecule has 4 rings (SSSR count). The Bertz CT molecular complexity index is 1200. The number of rotatable bonds is 8. The Labute approximate surface area is 186 Å². The van der Waals surface area contributed by atoms with Gasteiger partial charge in [-0.2, -0.15) is 0 Å². The second-order valence-electron chi connectivity index (χ2n) is 7.27. The molecule has 1 saturated carbocycles. The molecule has 6 nitrogen and oxygen atoms in total. The number of halogens is 1. The first kappa shape index (κ1) is 21.4. The zero-order chi connectivity index (χ0) is 21.8. The van der Waals surface area contributed by atoms with E-state index in [0.29, 0.717) is 16.5 Å². The third-order valence-electron chi connectivity index (χ3n) is 4.73. The minimum atomic E-state index is -3.59. The molecule has 31 heavy (non-hydrogen) atoms. The molecule has 0 bridgehead atoms. The lowest BCUT2D eigenvalue weighted by atomic mass is 10.1. The maximum Gasteiger partial charge on any atom is 0.262 e. The largest absolute Gasteiger partial charge is 0.482 e. The smallest absolute Gasteiger partial charge is 0.262 e. The molecule has 160 valence electrons. The van der Waals surface area contributed by atoms with Gasteiger partial charge in [-0.15, -0.1) is 0 Å². The molecular weight excluding hydrogens is 436 g/mol. The molecule has 8 heteroatoms. The first-order valence-electron chi connectivity index (χ1n) is 9.81. The molecule has 3 aromatic carbocycles. The van der Waals surface area contributed by atoms with Crippen LogP contribution in [0.3, 0.4) is 0 Å². The third kappa shape index (κ3) is 5.64. The summed E-state index contributed by atoms with van der Waals surface area (Å²) in [4.78, 5) is 12.4. The van der Waals surface area contributed by atoms with Crippen molar-refractivity contribution in [3.8, 4) is 16.9 Å². The number of benzene rings is 3. The highest BCUT2D eigenvalue weighted by Crippen LogP contribution is 2.30. The van der Waals surface area contributed by atoms with Gasteiger partial charge in [-0.1, -0.05) is 54.1 Å². The highest BCUT2D eigenvalue weighted by atomic mass is 35.5. The van der Waals surface area contributed by atoms with Gasteiger partial charge >= 0.3 is 0 Å². The summed E-state index contributed by atoms with van der Waals surface area (Å²) in [5.74, 6) is -0.0330. The van der Waals surface area contributed by atoms with E-state index < -0.39 is 15.9 Å². The van der Waals surface area contributed by atoms with Gasteiger partial charge in [0.2, 0.25) is 10.0 Å². The number of amides is 1. The van der Waals surface area contributed by atoms with Gasteiger partial charge in [-0.3, -0.25) is 4.79 Å². The maximum atomic E-state index is 12.3. The van der Waals surface area contributed by atoms with Crippen LogP contribution in [0.1, 0.15) is 12.8 Å². The lowest BCUT2D eigenvalue weighted by molar-refractivity contribution is -0.118. The van der Waals surface area contributed by atoms with Crippen LogP contribution < -0.4 is 14.8 Å². The summed E-state index contributed by atoms with van der Waals surface area (Å²) in [6.07, 6.45) is 1.70. The SMILES string of the molecule is O=C(COc1ccc(-c2ccccc2)cc1Cl)Nc1cccc(S(=O)(=O)NC2CC2)c1. The Morgan fingerprint density at radius 2 is 1.74 bits per heavy atom. The predicted molar refractivity (Wildman–Crippen MR) is 121 cm³/mol. The van der Waals surface area contributed by atoms with Crippen molar-refractivity contribution in [2.75, 3.05) is 11.9 Å². The third-order valence-corrected chi connectivity index (χ3v) is 6.54. The molecule has 0 unspecified atom stereocenters. The standard InChI is InChI=1S/C23H21ClN2O4S/c24-21-13-17(16-5-2-1-3-6-16)9-12-22(21)30-15-23(27)25-19-7-4-8-20(14-19)31(28,29)26-18-10-11-18/h1-9,12-14,18,26H,10-11,15H2,(H,25,27). The van der Waals surface area contributed by atoms with Gasteiger partial charge in [-0.05, 0) is 54.3 Å². The zero-order valence-corrected chi connectivity index (χ0v) is 18.1. The van der Waals surface area contributed by atoms with E-state index in [1.54, 1.807) is 24.3 Å². The van der Waals surface area contributed by atoms with Crippen LogP contribution >= 0.6 is 11.6 Å². The monoisotopic (exact) mass is 456 g/mol. The predicted octanol–water partition coefficient (Wildman–Crippen LogP) is 4.47. The van der Waals surface area contributed by atoms with Gasteiger partial charge in [0.05, 0.1) is 9.92 Å². The summed E-state index contributed by atoms with van der Waals surface area (Å²) in [6, 6.07) is 21.3. The van der Waals surface area contributed by atoms with E-state index in [2.05, 4.69) is 10.0 Å². The Morgan fingerprint density at radius 1 is 0.968 bits per heavy atom. The van der Waals surface area contributed by atoms with Crippen molar-refractivity contribution in [2.24, 2.45) is 0 Å². The lowest BCUT2D eigenvalue weighted by Gasteiger charge is -2.11. The Kier molecular flexibility index (Phi) is 6.27. The second kappa shape index (κ2) is 9.09. The van der Waals surface area contributed by atoms with Gasteiger partial charge in [0.1, 0.15) is 5.75 Å². The van der Waals surface area contributed by atoms with Gasteiger partial charge < -0.3 is 10.1 Å². The van der Waals surface area contributed by atoms with Crippen molar-refractivity contribution in [1.29, 1.82) is 0 Å². The minimum absolute atomic E-state index is 0.00896. The van der Waals surface area contributed by atoms with Crippen LogP contribution in [-0.2, 0) is 14.8 Å². The minimum Gasteiger partial charge on any atom is -0.482 e. The molecule has 1 aliphatic rings. The molecule has 1 aliphatic carbocycles. The van der Waals surface area contributed by atoms with Crippen molar-refractivity contribution in [3.05, 3.63) is 77.8 Å². The van der Waals surface area contributed by atoms with Crippen molar-refractivity contribution in [2.45, 2.75) is 23.8 Å². The van der Waals surface area contributed by atoms with E-state index in [1.807, 2.05) is 36.4 Å². The van der Waals surface area contributed by atoms with Crippen molar-refractivity contribution in [3.63, 3.8) is 0 Å². The van der Waals surface area contributed by atoms with Gasteiger partial charge in [0.25, 0.3) is 5.91 Å². The lowest BCUT2D eigenvalue weighted by Crippen LogP contribution is -2.26. The zero-order valence-electron chi connectivity index (χ0n) is 16.5. The number of hydrogen-bond donors (Lipinski definition) is 2. The number of nitrogens with one attached hydrogen (secondary N) is 2. The molecule has 0 spiro atoms. The fourth-order valence-corrected chi connectivity index (χ4v) is 4.58. The fraction of sp³-hybridized carbons (Fsp3) is 0.174. The number of anilines is 1. The summed E-state index contributed by atoms with van der Waals surface area (Å²) >= 11 is 6.31. The average molecular weight is 457 g/mol. The Balaban J connectivity index is 1.37. The quantitative estimate of drug-likeness (QED) is 0.524. The van der Waals surface area contributed by atoms with Crippen LogP contribution in [-0.4, -0.2) is 27.0 Å². The van der Waals surface area contributed by atoms with Crippen LogP contribution in [0.5, 0.6) is 5.75 Å². The highest BCUT2D eigenvalue weighted by molar-refractivity contribution is 7.89. The number of carbonyl (C=O) groups excluding carboxylic acids is 1. The van der Waals surface area contributed by atoms with Crippen molar-refractivity contribution < 1.29 is 17.9 Å². The van der Waals surface area contributed by atoms with Gasteiger partial charge in [-0.25, -0.2) is 13.1 Å². The topological polar surface area (TPSA) is 84.5 Å². The van der Waals surface area contributed by atoms with Crippen LogP contribution in [0.15, 0.2) is 77.7 Å². The maximum absolute atomic E-state index is 12.3. The molecule has 0 radical (unpaired) electrons. The molecular formula is C23H21ClN2O4S. The number of ether oxygens (including phenoxy) is 1. The van der Waals surface area contributed by atoms with Gasteiger partial charge in [0.15, 0.2) is 6.61 Å². The van der Waals surface area contributed by atoms with E-state index in [4.69, 9.17) is 16.3 Å². The van der Waals surface area contributed by atoms with Gasteiger partial charge in [0, 0.05) is 11.7 Å². The van der Waals surface area contributed by atoms with Crippen molar-refractivity contribution in [1.82, 2.24) is 4.72 Å². The van der Waals surface area contributed by atoms with E-state index in [9.17, 15) is 13.2 Å². The number of sulfonamides is 1. The summed E-state index contributed by atoms with van der Waals surface area (Å²) in [7, 11) is -3.59. The molecule has 0 heterocycles. The number of carbonyl (C=O) groups is 1. The molecule has 3 aromatic rings. The van der Waals surface area contributed by atoms with E-state index in [1.165, 1.54) is 12.1 Å². The molecule has 0 atom stereocenters. The normalized spacial score (nSPS) is 13.6. The van der Waals surface area contributed by atoms with Crippen LogP contribution in [0.4, 0.5) is 5.69 Å². The molecule has 0 aromatic heterocycles. The highest BCUT2D eigenvalue weighted by Gasteiger charge is 2.28. The molecule has 0 aliphatic heterocycles. The Morgan fingerprint density at radius 3 is 2.45 bits per heavy atom. The fourth-order valence-electron chi connectivity index (χ4n) is 3.00.